The van der Waals surface area contributed by atoms with Gasteiger partial charge in [-0.3, -0.25) is 14.6 Å². The second kappa shape index (κ2) is 11.0. The molecule has 3 heterocycles. The fraction of sp³-hybridized carbons (Fsp3) is 0.560. The van der Waals surface area contributed by atoms with Crippen LogP contribution in [0.25, 0.3) is 11.4 Å². The minimum Gasteiger partial charge on any atom is -0.379 e. The van der Waals surface area contributed by atoms with Gasteiger partial charge >= 0.3 is 0 Å². The number of carbonyl (C=O) groups excluding carboxylic acids is 1. The molecule has 2 aromatic rings. The van der Waals surface area contributed by atoms with Crippen LogP contribution in [0.4, 0.5) is 11.5 Å². The number of anilines is 2. The number of hydrogen-bond donors (Lipinski definition) is 0. The minimum absolute atomic E-state index is 0.140. The summed E-state index contributed by atoms with van der Waals surface area (Å²) in [4.78, 5) is 30.7. The fourth-order valence-electron chi connectivity index (χ4n) is 4.47. The molecular weight excluding hydrogens is 416 g/mol. The summed E-state index contributed by atoms with van der Waals surface area (Å²) in [6.45, 7) is 13.0. The van der Waals surface area contributed by atoms with Crippen LogP contribution < -0.4 is 9.80 Å². The van der Waals surface area contributed by atoms with Gasteiger partial charge in [-0.2, -0.15) is 0 Å². The molecule has 0 bridgehead atoms. The second-order valence-electron chi connectivity index (χ2n) is 8.92. The number of morpholine rings is 1. The lowest BCUT2D eigenvalue weighted by Crippen LogP contribution is -2.48. The number of amides is 1. The lowest BCUT2D eigenvalue weighted by molar-refractivity contribution is -0.120. The predicted octanol–water partition coefficient (Wildman–Crippen LogP) is 2.28. The molecule has 8 nitrogen and oxygen atoms in total. The molecule has 0 radical (unpaired) electrons. The molecule has 2 aliphatic heterocycles. The fourth-order valence-corrected chi connectivity index (χ4v) is 4.47. The largest absolute Gasteiger partial charge is 0.379 e. The molecule has 0 N–H and O–H groups in total. The van der Waals surface area contributed by atoms with Gasteiger partial charge in [0.1, 0.15) is 5.82 Å². The van der Waals surface area contributed by atoms with Gasteiger partial charge in [0.15, 0.2) is 5.82 Å². The van der Waals surface area contributed by atoms with E-state index in [9.17, 15) is 4.79 Å². The van der Waals surface area contributed by atoms with Crippen LogP contribution in [-0.2, 0) is 9.53 Å². The molecule has 2 saturated heterocycles. The van der Waals surface area contributed by atoms with Crippen LogP contribution in [0, 0.1) is 6.92 Å². The summed E-state index contributed by atoms with van der Waals surface area (Å²) in [6, 6.07) is 8.04. The minimum atomic E-state index is 0.140. The van der Waals surface area contributed by atoms with Gasteiger partial charge in [0.25, 0.3) is 0 Å². The van der Waals surface area contributed by atoms with Crippen LogP contribution in [0.1, 0.15) is 18.9 Å². The summed E-state index contributed by atoms with van der Waals surface area (Å²) in [5.41, 5.74) is 2.99. The van der Waals surface area contributed by atoms with Crippen molar-refractivity contribution in [3.05, 3.63) is 36.0 Å². The molecule has 2 aliphatic rings. The Labute approximate surface area is 197 Å². The predicted molar refractivity (Wildman–Crippen MR) is 132 cm³/mol. The normalized spacial score (nSPS) is 18.0. The molecule has 0 spiro atoms. The van der Waals surface area contributed by atoms with E-state index in [2.05, 4.69) is 33.5 Å². The first-order valence-corrected chi connectivity index (χ1v) is 12.0. The highest BCUT2D eigenvalue weighted by Gasteiger charge is 2.23. The smallest absolute Gasteiger partial charge is 0.241 e. The van der Waals surface area contributed by atoms with Crippen LogP contribution in [0.15, 0.2) is 30.5 Å². The maximum Gasteiger partial charge on any atom is 0.241 e. The van der Waals surface area contributed by atoms with E-state index in [1.54, 1.807) is 0 Å². The molecule has 2 fully saturated rings. The number of nitrogens with zero attached hydrogens (tertiary/aromatic N) is 6. The van der Waals surface area contributed by atoms with Crippen molar-refractivity contribution in [1.82, 2.24) is 19.8 Å². The number of likely N-dealkylation sites (N-methyl/N-ethyl adjacent to an activating group) is 1. The molecule has 8 heteroatoms. The Hall–Kier alpha value is -2.55. The first-order valence-electron chi connectivity index (χ1n) is 12.0. The van der Waals surface area contributed by atoms with E-state index in [0.29, 0.717) is 6.54 Å². The average molecular weight is 453 g/mol. The number of piperazine rings is 1. The van der Waals surface area contributed by atoms with Crippen molar-refractivity contribution in [3.8, 4) is 11.4 Å². The zero-order valence-corrected chi connectivity index (χ0v) is 20.2. The number of hydrogen-bond acceptors (Lipinski definition) is 7. The molecule has 178 valence electrons. The Morgan fingerprint density at radius 2 is 1.85 bits per heavy atom. The van der Waals surface area contributed by atoms with Crippen molar-refractivity contribution >= 4 is 17.4 Å². The van der Waals surface area contributed by atoms with E-state index < -0.39 is 0 Å². The van der Waals surface area contributed by atoms with Crippen LogP contribution >= 0.6 is 0 Å². The monoisotopic (exact) mass is 452 g/mol. The van der Waals surface area contributed by atoms with Crippen LogP contribution in [0.2, 0.25) is 0 Å². The van der Waals surface area contributed by atoms with Crippen molar-refractivity contribution in [2.24, 2.45) is 0 Å². The zero-order valence-electron chi connectivity index (χ0n) is 20.2. The molecule has 0 unspecified atom stereocenters. The SMILES string of the molecule is CCN(CCCN1CCOCC1)c1nc(-c2ccc(N3CCN(C)CC3=O)cc2)ncc1C. The van der Waals surface area contributed by atoms with E-state index in [1.807, 2.05) is 42.4 Å². The quantitative estimate of drug-likeness (QED) is 0.609. The maximum absolute atomic E-state index is 12.4. The van der Waals surface area contributed by atoms with E-state index in [-0.39, 0.29) is 5.91 Å². The Morgan fingerprint density at radius 1 is 1.09 bits per heavy atom. The number of benzene rings is 1. The standard InChI is InChI=1S/C25H36N6O2/c1-4-30(11-5-10-29-14-16-33-17-15-29)25-20(2)18-26-24(27-25)21-6-8-22(9-7-21)31-13-12-28(3)19-23(31)32/h6-9,18H,4-5,10-17,19H2,1-3H3. The highest BCUT2D eigenvalue weighted by molar-refractivity contribution is 5.95. The van der Waals surface area contributed by atoms with Crippen LogP contribution in [0.5, 0.6) is 0 Å². The van der Waals surface area contributed by atoms with Gasteiger partial charge in [-0.25, -0.2) is 9.97 Å². The van der Waals surface area contributed by atoms with Gasteiger partial charge < -0.3 is 14.5 Å². The van der Waals surface area contributed by atoms with E-state index in [0.717, 1.165) is 93.9 Å². The molecule has 1 aromatic carbocycles. The van der Waals surface area contributed by atoms with Gasteiger partial charge in [0, 0.05) is 68.8 Å². The number of rotatable bonds is 8. The van der Waals surface area contributed by atoms with Gasteiger partial charge in [0.2, 0.25) is 5.91 Å². The van der Waals surface area contributed by atoms with Crippen LogP contribution in [0.3, 0.4) is 0 Å². The average Bonchev–Trinajstić information content (AvgIpc) is 2.83. The van der Waals surface area contributed by atoms with E-state index >= 15 is 0 Å². The van der Waals surface area contributed by atoms with Crippen molar-refractivity contribution in [2.45, 2.75) is 20.3 Å². The van der Waals surface area contributed by atoms with E-state index in [1.165, 1.54) is 0 Å². The first-order chi connectivity index (χ1) is 16.0. The third kappa shape index (κ3) is 5.88. The van der Waals surface area contributed by atoms with Crippen molar-refractivity contribution in [1.29, 1.82) is 0 Å². The second-order valence-corrected chi connectivity index (χ2v) is 8.92. The molecule has 4 rings (SSSR count). The maximum atomic E-state index is 12.4. The van der Waals surface area contributed by atoms with Gasteiger partial charge in [0.05, 0.1) is 19.8 Å². The molecule has 0 atom stereocenters. The van der Waals surface area contributed by atoms with Gasteiger partial charge in [-0.1, -0.05) is 0 Å². The van der Waals surface area contributed by atoms with Crippen molar-refractivity contribution < 1.29 is 9.53 Å². The Bertz CT molecular complexity index is 929. The molecule has 1 aromatic heterocycles. The van der Waals surface area contributed by atoms with E-state index in [4.69, 9.17) is 9.72 Å². The zero-order chi connectivity index (χ0) is 23.2. The highest BCUT2D eigenvalue weighted by Crippen LogP contribution is 2.25. The number of carbonyl (C=O) groups is 1. The molecule has 0 saturated carbocycles. The summed E-state index contributed by atoms with van der Waals surface area (Å²) in [7, 11) is 1.98. The molecule has 33 heavy (non-hydrogen) atoms. The summed E-state index contributed by atoms with van der Waals surface area (Å²) < 4.78 is 5.45. The first kappa shape index (κ1) is 23.6. The topological polar surface area (TPSA) is 65.0 Å². The third-order valence-corrected chi connectivity index (χ3v) is 6.48. The Kier molecular flexibility index (Phi) is 7.90. The van der Waals surface area contributed by atoms with Crippen LogP contribution in [-0.4, -0.2) is 98.3 Å². The van der Waals surface area contributed by atoms with Gasteiger partial charge in [-0.15, -0.1) is 0 Å². The lowest BCUT2D eigenvalue weighted by atomic mass is 10.1. The van der Waals surface area contributed by atoms with Crippen molar-refractivity contribution in [2.75, 3.05) is 82.4 Å². The number of aryl methyl sites for hydroxylation is 1. The third-order valence-electron chi connectivity index (χ3n) is 6.48. The Balaban J connectivity index is 1.43. The molecule has 0 aliphatic carbocycles. The number of ether oxygens (including phenoxy) is 1. The molecular formula is C25H36N6O2. The Morgan fingerprint density at radius 3 is 2.55 bits per heavy atom. The van der Waals surface area contributed by atoms with Gasteiger partial charge in [-0.05, 0) is 51.6 Å². The number of aromatic nitrogens is 2. The lowest BCUT2D eigenvalue weighted by Gasteiger charge is -2.32. The summed E-state index contributed by atoms with van der Waals surface area (Å²) >= 11 is 0. The molecule has 1 amide bonds. The summed E-state index contributed by atoms with van der Waals surface area (Å²) in [6.07, 6.45) is 3.01. The van der Waals surface area contributed by atoms with Crippen molar-refractivity contribution in [3.63, 3.8) is 0 Å². The summed E-state index contributed by atoms with van der Waals surface area (Å²) in [5.74, 6) is 1.86. The summed E-state index contributed by atoms with van der Waals surface area (Å²) in [5, 5.41) is 0. The highest BCUT2D eigenvalue weighted by atomic mass is 16.5.